The van der Waals surface area contributed by atoms with Gasteiger partial charge in [0.05, 0.1) is 17.9 Å². The van der Waals surface area contributed by atoms with Crippen molar-refractivity contribution in [2.45, 2.75) is 39.0 Å². The first-order valence-electron chi connectivity index (χ1n) is 8.62. The maximum atomic E-state index is 13.0. The van der Waals surface area contributed by atoms with Gasteiger partial charge in [-0.3, -0.25) is 0 Å². The molecule has 9 heteroatoms. The van der Waals surface area contributed by atoms with Gasteiger partial charge in [0.15, 0.2) is 0 Å². The summed E-state index contributed by atoms with van der Waals surface area (Å²) in [5.74, 6) is 0. The van der Waals surface area contributed by atoms with Gasteiger partial charge in [0.1, 0.15) is 12.7 Å². The smallest absolute Gasteiger partial charge is 0.282 e. The topological polar surface area (TPSA) is 80.6 Å². The Balaban J connectivity index is 1.77. The van der Waals surface area contributed by atoms with Gasteiger partial charge in [0.25, 0.3) is 10.2 Å². The molecule has 0 bridgehead atoms. The third-order valence-corrected chi connectivity index (χ3v) is 6.68. The number of morpholine rings is 1. The molecule has 1 aliphatic rings. The lowest BCUT2D eigenvalue weighted by molar-refractivity contribution is -0.0455. The highest BCUT2D eigenvalue weighted by Crippen LogP contribution is 2.26. The summed E-state index contributed by atoms with van der Waals surface area (Å²) in [5.41, 5.74) is 1.79. The average Bonchev–Trinajstić information content (AvgIpc) is 3.14. The lowest BCUT2D eigenvalue weighted by atomic mass is 10.1. The first-order chi connectivity index (χ1) is 12.3. The molecule has 1 aromatic heterocycles. The van der Waals surface area contributed by atoms with E-state index in [4.69, 9.17) is 4.74 Å². The molecule has 3 rings (SSSR count). The van der Waals surface area contributed by atoms with Crippen LogP contribution in [-0.2, 0) is 14.9 Å². The van der Waals surface area contributed by atoms with Gasteiger partial charge >= 0.3 is 0 Å². The molecular formula is C17H25N5O3S. The quantitative estimate of drug-likeness (QED) is 0.788. The van der Waals surface area contributed by atoms with Crippen molar-refractivity contribution in [3.8, 4) is 5.69 Å². The minimum absolute atomic E-state index is 0.112. The van der Waals surface area contributed by atoms with Crippen LogP contribution in [0.1, 0.15) is 32.4 Å². The Morgan fingerprint density at radius 2 is 1.81 bits per heavy atom. The predicted molar refractivity (Wildman–Crippen MR) is 98.0 cm³/mol. The molecular weight excluding hydrogens is 354 g/mol. The maximum Gasteiger partial charge on any atom is 0.282 e. The van der Waals surface area contributed by atoms with Crippen molar-refractivity contribution in [1.29, 1.82) is 0 Å². The number of hydrogen-bond donors (Lipinski definition) is 0. The third kappa shape index (κ3) is 3.80. The van der Waals surface area contributed by atoms with Crippen molar-refractivity contribution in [3.63, 3.8) is 0 Å². The van der Waals surface area contributed by atoms with Crippen LogP contribution in [0, 0.1) is 0 Å². The molecule has 2 heterocycles. The van der Waals surface area contributed by atoms with Gasteiger partial charge < -0.3 is 4.74 Å². The molecule has 0 saturated carbocycles. The Kier molecular flexibility index (Phi) is 5.42. The molecule has 0 amide bonds. The number of hydrogen-bond acceptors (Lipinski definition) is 5. The zero-order valence-corrected chi connectivity index (χ0v) is 16.3. The number of nitrogens with zero attached hydrogens (tertiary/aromatic N) is 5. The first-order valence-corrected chi connectivity index (χ1v) is 10.0. The van der Waals surface area contributed by atoms with E-state index in [1.807, 2.05) is 45.0 Å². The number of aromatic nitrogens is 3. The summed E-state index contributed by atoms with van der Waals surface area (Å²) in [6.07, 6.45) is 2.87. The summed E-state index contributed by atoms with van der Waals surface area (Å²) in [5, 5.41) is 4.09. The lowest BCUT2D eigenvalue weighted by Crippen LogP contribution is -2.52. The predicted octanol–water partition coefficient (Wildman–Crippen LogP) is 1.61. The lowest BCUT2D eigenvalue weighted by Gasteiger charge is -2.38. The second kappa shape index (κ2) is 7.43. The van der Waals surface area contributed by atoms with Gasteiger partial charge in [-0.25, -0.2) is 9.67 Å². The fourth-order valence-electron chi connectivity index (χ4n) is 3.16. The molecule has 0 unspecified atom stereocenters. The summed E-state index contributed by atoms with van der Waals surface area (Å²) < 4.78 is 36.3. The Morgan fingerprint density at radius 3 is 2.35 bits per heavy atom. The Morgan fingerprint density at radius 1 is 1.19 bits per heavy atom. The van der Waals surface area contributed by atoms with E-state index in [2.05, 4.69) is 10.1 Å². The molecule has 2 aromatic rings. The standard InChI is InChI=1S/C17H25N5O3S/c1-13-9-21(10-14(2)25-13)26(23,24)20(4)15(3)16-5-7-17(8-6-16)22-12-18-11-19-22/h5-8,11-15H,9-10H2,1-4H3/t13-,14+,15-/m1/s1. The molecule has 26 heavy (non-hydrogen) atoms. The van der Waals surface area contributed by atoms with Gasteiger partial charge in [-0.15, -0.1) is 0 Å². The van der Waals surface area contributed by atoms with Crippen molar-refractivity contribution < 1.29 is 13.2 Å². The van der Waals surface area contributed by atoms with Crippen LogP contribution in [-0.4, -0.2) is 64.1 Å². The van der Waals surface area contributed by atoms with Gasteiger partial charge in [-0.2, -0.15) is 22.1 Å². The zero-order valence-electron chi connectivity index (χ0n) is 15.5. The zero-order chi connectivity index (χ0) is 18.9. The second-order valence-electron chi connectivity index (χ2n) is 6.71. The summed E-state index contributed by atoms with van der Waals surface area (Å²) in [6, 6.07) is 7.34. The molecule has 142 valence electrons. The van der Waals surface area contributed by atoms with Gasteiger partial charge in [0, 0.05) is 26.2 Å². The molecule has 8 nitrogen and oxygen atoms in total. The number of benzene rings is 1. The normalized spacial score (nSPS) is 23.3. The molecule has 0 N–H and O–H groups in total. The highest BCUT2D eigenvalue weighted by molar-refractivity contribution is 7.86. The molecule has 0 aliphatic carbocycles. The summed E-state index contributed by atoms with van der Waals surface area (Å²) in [7, 11) is -1.95. The highest BCUT2D eigenvalue weighted by Gasteiger charge is 2.35. The van der Waals surface area contributed by atoms with Crippen LogP contribution in [0.25, 0.3) is 5.69 Å². The van der Waals surface area contributed by atoms with E-state index in [-0.39, 0.29) is 18.2 Å². The minimum atomic E-state index is -3.57. The van der Waals surface area contributed by atoms with Gasteiger partial charge in [-0.05, 0) is 38.5 Å². The number of ether oxygens (including phenoxy) is 1. The molecule has 1 saturated heterocycles. The van der Waals surface area contributed by atoms with Crippen LogP contribution < -0.4 is 0 Å². The van der Waals surface area contributed by atoms with Crippen LogP contribution in [0.15, 0.2) is 36.9 Å². The van der Waals surface area contributed by atoms with Crippen molar-refractivity contribution in [2.75, 3.05) is 20.1 Å². The van der Waals surface area contributed by atoms with Crippen LogP contribution in [0.5, 0.6) is 0 Å². The second-order valence-corrected chi connectivity index (χ2v) is 8.69. The summed E-state index contributed by atoms with van der Waals surface area (Å²) in [4.78, 5) is 3.93. The fraction of sp³-hybridized carbons (Fsp3) is 0.529. The van der Waals surface area contributed by atoms with E-state index in [9.17, 15) is 8.42 Å². The summed E-state index contributed by atoms with van der Waals surface area (Å²) in [6.45, 7) is 6.41. The van der Waals surface area contributed by atoms with E-state index < -0.39 is 10.2 Å². The third-order valence-electron chi connectivity index (χ3n) is 4.68. The van der Waals surface area contributed by atoms with E-state index >= 15 is 0 Å². The van der Waals surface area contributed by atoms with E-state index in [0.717, 1.165) is 11.3 Å². The van der Waals surface area contributed by atoms with Gasteiger partial charge in [0.2, 0.25) is 0 Å². The SMILES string of the molecule is C[C@@H]1CN(S(=O)(=O)N(C)[C@H](C)c2ccc(-n3cncn3)cc2)C[C@H](C)O1. The summed E-state index contributed by atoms with van der Waals surface area (Å²) >= 11 is 0. The Hall–Kier alpha value is -1.81. The van der Waals surface area contributed by atoms with Gasteiger partial charge in [-0.1, -0.05) is 12.1 Å². The molecule has 1 fully saturated rings. The highest BCUT2D eigenvalue weighted by atomic mass is 32.2. The monoisotopic (exact) mass is 379 g/mol. The minimum Gasteiger partial charge on any atom is -0.373 e. The van der Waals surface area contributed by atoms with Crippen LogP contribution in [0.2, 0.25) is 0 Å². The van der Waals surface area contributed by atoms with E-state index in [1.165, 1.54) is 14.9 Å². The molecule has 0 radical (unpaired) electrons. The molecule has 1 aromatic carbocycles. The van der Waals surface area contributed by atoms with E-state index in [0.29, 0.717) is 13.1 Å². The van der Waals surface area contributed by atoms with Crippen LogP contribution in [0.3, 0.4) is 0 Å². The van der Waals surface area contributed by atoms with Crippen LogP contribution in [0.4, 0.5) is 0 Å². The largest absolute Gasteiger partial charge is 0.373 e. The number of rotatable bonds is 5. The molecule has 1 aliphatic heterocycles. The van der Waals surface area contributed by atoms with E-state index in [1.54, 1.807) is 18.1 Å². The fourth-order valence-corrected chi connectivity index (χ4v) is 4.84. The van der Waals surface area contributed by atoms with Crippen molar-refractivity contribution in [3.05, 3.63) is 42.5 Å². The molecule has 3 atom stereocenters. The maximum absolute atomic E-state index is 13.0. The van der Waals surface area contributed by atoms with Crippen molar-refractivity contribution in [2.24, 2.45) is 0 Å². The average molecular weight is 379 g/mol. The molecule has 0 spiro atoms. The van der Waals surface area contributed by atoms with Crippen molar-refractivity contribution >= 4 is 10.2 Å². The van der Waals surface area contributed by atoms with Crippen molar-refractivity contribution in [1.82, 2.24) is 23.4 Å². The van der Waals surface area contributed by atoms with Crippen LogP contribution >= 0.6 is 0 Å². The first kappa shape index (κ1) is 19.0. The Labute approximate surface area is 154 Å². The Bertz CT molecular complexity index is 813.